The van der Waals surface area contributed by atoms with E-state index in [1.165, 1.54) is 24.6 Å². The summed E-state index contributed by atoms with van der Waals surface area (Å²) in [6.07, 6.45) is 5.92. The fourth-order valence-corrected chi connectivity index (χ4v) is 7.00. The van der Waals surface area contributed by atoms with E-state index in [2.05, 4.69) is 41.5 Å². The molecule has 0 spiro atoms. The minimum Gasteiger partial charge on any atom is -0.114 e. The first-order valence-corrected chi connectivity index (χ1v) is 9.57. The standard InChI is InChI=1S/C12H28P2.2BrH/c1-7-13(11(3)4)9-10-14(8-2)12(5)6;;/h11-12H,7-10H2,1-6H3;2*1H. The zero-order valence-electron chi connectivity index (χ0n) is 11.7. The predicted molar refractivity (Wildman–Crippen MR) is 95.6 cm³/mol. The van der Waals surface area contributed by atoms with Crippen molar-refractivity contribution >= 4 is 49.8 Å². The summed E-state index contributed by atoms with van der Waals surface area (Å²) in [6, 6.07) is 0. The largest absolute Gasteiger partial charge is 0.114 e. The number of rotatable bonds is 7. The van der Waals surface area contributed by atoms with Gasteiger partial charge in [0.15, 0.2) is 0 Å². The predicted octanol–water partition coefficient (Wildman–Crippen LogP) is 5.96. The third-order valence-corrected chi connectivity index (χ3v) is 9.44. The van der Waals surface area contributed by atoms with E-state index in [0.29, 0.717) is 15.8 Å². The molecule has 0 aromatic heterocycles. The van der Waals surface area contributed by atoms with Crippen LogP contribution in [0.2, 0.25) is 0 Å². The van der Waals surface area contributed by atoms with Gasteiger partial charge in [0.2, 0.25) is 0 Å². The zero-order valence-corrected chi connectivity index (χ0v) is 16.9. The van der Waals surface area contributed by atoms with Gasteiger partial charge in [-0.3, -0.25) is 0 Å². The molecular weight excluding hydrogens is 366 g/mol. The minimum atomic E-state index is 0. The van der Waals surface area contributed by atoms with Gasteiger partial charge in [-0.15, -0.1) is 49.8 Å². The highest BCUT2D eigenvalue weighted by Gasteiger charge is 2.14. The van der Waals surface area contributed by atoms with E-state index in [0.717, 1.165) is 11.3 Å². The van der Waals surface area contributed by atoms with Gasteiger partial charge in [-0.25, -0.2) is 0 Å². The summed E-state index contributed by atoms with van der Waals surface area (Å²) in [6.45, 7) is 14.3. The van der Waals surface area contributed by atoms with Crippen LogP contribution < -0.4 is 0 Å². The van der Waals surface area contributed by atoms with E-state index < -0.39 is 0 Å². The molecule has 0 radical (unpaired) electrons. The third kappa shape index (κ3) is 9.81. The molecule has 2 unspecified atom stereocenters. The first-order valence-electron chi connectivity index (χ1n) is 6.00. The fraction of sp³-hybridized carbons (Fsp3) is 1.00. The highest BCUT2D eigenvalue weighted by Crippen LogP contribution is 2.47. The molecule has 4 heteroatoms. The quantitative estimate of drug-likeness (QED) is 0.466. The Labute approximate surface area is 127 Å². The van der Waals surface area contributed by atoms with Crippen LogP contribution in [0.1, 0.15) is 41.5 Å². The van der Waals surface area contributed by atoms with Crippen molar-refractivity contribution in [3.05, 3.63) is 0 Å². The third-order valence-electron chi connectivity index (χ3n) is 2.95. The number of hydrogen-bond acceptors (Lipinski definition) is 0. The second-order valence-electron chi connectivity index (χ2n) is 4.44. The Balaban J connectivity index is -0.000000845. The van der Waals surface area contributed by atoms with E-state index in [1.807, 2.05) is 0 Å². The van der Waals surface area contributed by atoms with Crippen LogP contribution in [0, 0.1) is 0 Å². The Bertz CT molecular complexity index is 125. The van der Waals surface area contributed by atoms with Gasteiger partial charge in [0.1, 0.15) is 0 Å². The van der Waals surface area contributed by atoms with Gasteiger partial charge in [0, 0.05) is 0 Å². The van der Waals surface area contributed by atoms with E-state index in [9.17, 15) is 0 Å². The molecule has 0 aromatic rings. The van der Waals surface area contributed by atoms with Crippen LogP contribution >= 0.6 is 49.8 Å². The maximum absolute atomic E-state index is 2.40. The highest BCUT2D eigenvalue weighted by atomic mass is 79.9. The molecule has 0 fully saturated rings. The van der Waals surface area contributed by atoms with Gasteiger partial charge >= 0.3 is 0 Å². The average Bonchev–Trinajstić information content (AvgIpc) is 2.11. The van der Waals surface area contributed by atoms with Crippen molar-refractivity contribution in [3.8, 4) is 0 Å². The molecule has 0 aromatic carbocycles. The smallest absolute Gasteiger partial charge is 0.0266 e. The summed E-state index contributed by atoms with van der Waals surface area (Å²) in [7, 11) is 0.672. The van der Waals surface area contributed by atoms with Crippen LogP contribution in [0.3, 0.4) is 0 Å². The van der Waals surface area contributed by atoms with Gasteiger partial charge < -0.3 is 0 Å². The van der Waals surface area contributed by atoms with Crippen LogP contribution in [-0.2, 0) is 0 Å². The Morgan fingerprint density at radius 2 is 0.938 bits per heavy atom. The van der Waals surface area contributed by atoms with Gasteiger partial charge in [-0.2, -0.15) is 0 Å². The van der Waals surface area contributed by atoms with E-state index in [1.54, 1.807) is 0 Å². The Morgan fingerprint density at radius 1 is 0.688 bits per heavy atom. The first-order chi connectivity index (χ1) is 6.52. The molecule has 0 aliphatic heterocycles. The normalized spacial score (nSPS) is 14.2. The second kappa shape index (κ2) is 13.3. The highest BCUT2D eigenvalue weighted by molar-refractivity contribution is 8.93. The van der Waals surface area contributed by atoms with Gasteiger partial charge in [-0.05, 0) is 36.0 Å². The number of hydrogen-bond donors (Lipinski definition) is 0. The minimum absolute atomic E-state index is 0. The van der Waals surface area contributed by atoms with Crippen LogP contribution in [-0.4, -0.2) is 36.0 Å². The molecule has 0 nitrogen and oxygen atoms in total. The molecule has 2 atom stereocenters. The topological polar surface area (TPSA) is 0 Å². The summed E-state index contributed by atoms with van der Waals surface area (Å²) >= 11 is 0. The molecular formula is C12H30Br2P2. The Morgan fingerprint density at radius 3 is 1.06 bits per heavy atom. The lowest BCUT2D eigenvalue weighted by Gasteiger charge is -2.25. The van der Waals surface area contributed by atoms with Crippen molar-refractivity contribution < 1.29 is 0 Å². The zero-order chi connectivity index (χ0) is 11.1. The Kier molecular flexibility index (Phi) is 19.0. The molecule has 0 aliphatic rings. The summed E-state index contributed by atoms with van der Waals surface area (Å²) in [5.41, 5.74) is 1.88. The van der Waals surface area contributed by atoms with Crippen LogP contribution in [0.5, 0.6) is 0 Å². The SMILES string of the molecule is Br.Br.CCP(CCP(CC)C(C)C)C(C)C. The van der Waals surface area contributed by atoms with Crippen molar-refractivity contribution in [2.75, 3.05) is 24.6 Å². The van der Waals surface area contributed by atoms with E-state index >= 15 is 0 Å². The van der Waals surface area contributed by atoms with Gasteiger partial charge in [0.05, 0.1) is 0 Å². The van der Waals surface area contributed by atoms with Gasteiger partial charge in [0.25, 0.3) is 0 Å². The van der Waals surface area contributed by atoms with Crippen molar-refractivity contribution in [3.63, 3.8) is 0 Å². The van der Waals surface area contributed by atoms with Crippen molar-refractivity contribution in [1.82, 2.24) is 0 Å². The fourth-order valence-electron chi connectivity index (χ4n) is 1.82. The molecule has 0 saturated heterocycles. The molecule has 0 bridgehead atoms. The Hall–Kier alpha value is 1.82. The second-order valence-corrected chi connectivity index (χ2v) is 11.0. The maximum atomic E-state index is 2.40. The van der Waals surface area contributed by atoms with Crippen molar-refractivity contribution in [1.29, 1.82) is 0 Å². The molecule has 102 valence electrons. The molecule has 16 heavy (non-hydrogen) atoms. The first kappa shape index (κ1) is 23.0. The van der Waals surface area contributed by atoms with Gasteiger partial charge in [-0.1, -0.05) is 41.5 Å². The van der Waals surface area contributed by atoms with Crippen molar-refractivity contribution in [2.24, 2.45) is 0 Å². The summed E-state index contributed by atoms with van der Waals surface area (Å²) in [5.74, 6) is 0. The van der Waals surface area contributed by atoms with Crippen molar-refractivity contribution in [2.45, 2.75) is 52.9 Å². The van der Waals surface area contributed by atoms with E-state index in [-0.39, 0.29) is 34.0 Å². The molecule has 0 N–H and O–H groups in total. The summed E-state index contributed by atoms with van der Waals surface area (Å²) < 4.78 is 0. The number of halogens is 2. The van der Waals surface area contributed by atoms with Crippen LogP contribution in [0.15, 0.2) is 0 Å². The monoisotopic (exact) mass is 394 g/mol. The lowest BCUT2D eigenvalue weighted by molar-refractivity contribution is 1.06. The van der Waals surface area contributed by atoms with Crippen LogP contribution in [0.4, 0.5) is 0 Å². The van der Waals surface area contributed by atoms with Crippen LogP contribution in [0.25, 0.3) is 0 Å². The molecule has 0 amide bonds. The summed E-state index contributed by atoms with van der Waals surface area (Å²) in [4.78, 5) is 0. The molecule has 0 saturated carbocycles. The lowest BCUT2D eigenvalue weighted by Crippen LogP contribution is -2.06. The molecule has 0 aliphatic carbocycles. The van der Waals surface area contributed by atoms with E-state index in [4.69, 9.17) is 0 Å². The maximum Gasteiger partial charge on any atom is -0.0266 e. The lowest BCUT2D eigenvalue weighted by atomic mass is 10.6. The average molecular weight is 396 g/mol. The molecule has 0 heterocycles. The molecule has 0 rings (SSSR count). The summed E-state index contributed by atoms with van der Waals surface area (Å²) in [5, 5.41) is 0.